The molecule has 0 spiro atoms. The Labute approximate surface area is 108 Å². The standard InChI is InChI=1S/C14H10N2O3/c17-14-6-5-10(16(18)19)8-11(14)13-7-9-3-1-2-4-12(9)15-13/h1-8,15,17H. The van der Waals surface area contributed by atoms with E-state index in [4.69, 9.17) is 0 Å². The van der Waals surface area contributed by atoms with E-state index in [1.165, 1.54) is 18.2 Å². The number of fused-ring (bicyclic) bond motifs is 1. The number of nitrogens with one attached hydrogen (secondary N) is 1. The molecule has 0 saturated heterocycles. The molecule has 0 aliphatic carbocycles. The molecule has 0 aliphatic heterocycles. The lowest BCUT2D eigenvalue weighted by Gasteiger charge is -2.01. The number of nitro groups is 1. The number of para-hydroxylation sites is 1. The molecule has 1 heterocycles. The molecule has 19 heavy (non-hydrogen) atoms. The fourth-order valence-electron chi connectivity index (χ4n) is 2.07. The van der Waals surface area contributed by atoms with Gasteiger partial charge in [-0.2, -0.15) is 0 Å². The van der Waals surface area contributed by atoms with Gasteiger partial charge >= 0.3 is 0 Å². The number of rotatable bonds is 2. The summed E-state index contributed by atoms with van der Waals surface area (Å²) in [5, 5.41) is 21.6. The van der Waals surface area contributed by atoms with E-state index in [-0.39, 0.29) is 11.4 Å². The van der Waals surface area contributed by atoms with Crippen molar-refractivity contribution in [3.05, 3.63) is 58.6 Å². The van der Waals surface area contributed by atoms with E-state index < -0.39 is 4.92 Å². The third-order valence-electron chi connectivity index (χ3n) is 3.01. The molecule has 0 bridgehead atoms. The first-order chi connectivity index (χ1) is 9.15. The average Bonchev–Trinajstić information content (AvgIpc) is 2.82. The van der Waals surface area contributed by atoms with Crippen LogP contribution >= 0.6 is 0 Å². The minimum absolute atomic E-state index is 0.0113. The summed E-state index contributed by atoms with van der Waals surface area (Å²) >= 11 is 0. The first-order valence-corrected chi connectivity index (χ1v) is 5.71. The maximum Gasteiger partial charge on any atom is 0.270 e. The molecule has 0 aliphatic rings. The van der Waals surface area contributed by atoms with Gasteiger partial charge in [0.05, 0.1) is 10.6 Å². The van der Waals surface area contributed by atoms with Crippen molar-refractivity contribution in [3.8, 4) is 17.0 Å². The predicted molar refractivity (Wildman–Crippen MR) is 72.1 cm³/mol. The smallest absolute Gasteiger partial charge is 0.270 e. The molecule has 0 amide bonds. The number of H-pyrrole nitrogens is 1. The maximum absolute atomic E-state index is 10.8. The van der Waals surface area contributed by atoms with Crippen LogP contribution in [0.1, 0.15) is 0 Å². The molecule has 3 aromatic rings. The quantitative estimate of drug-likeness (QED) is 0.543. The third-order valence-corrected chi connectivity index (χ3v) is 3.01. The number of nitrogens with zero attached hydrogens (tertiary/aromatic N) is 1. The molecule has 2 aromatic carbocycles. The summed E-state index contributed by atoms with van der Waals surface area (Å²) < 4.78 is 0. The Bertz CT molecular complexity index is 744. The van der Waals surface area contributed by atoms with Crippen molar-refractivity contribution < 1.29 is 10.0 Å². The average molecular weight is 254 g/mol. The van der Waals surface area contributed by atoms with Crippen molar-refractivity contribution in [2.75, 3.05) is 0 Å². The van der Waals surface area contributed by atoms with Gasteiger partial charge in [-0.3, -0.25) is 10.1 Å². The summed E-state index contributed by atoms with van der Waals surface area (Å²) in [6.45, 7) is 0. The summed E-state index contributed by atoms with van der Waals surface area (Å²) in [5.41, 5.74) is 1.95. The predicted octanol–water partition coefficient (Wildman–Crippen LogP) is 3.45. The highest BCUT2D eigenvalue weighted by molar-refractivity contribution is 5.87. The van der Waals surface area contributed by atoms with Crippen LogP contribution in [0.4, 0.5) is 5.69 Å². The molecule has 1 aromatic heterocycles. The van der Waals surface area contributed by atoms with Gasteiger partial charge in [0.1, 0.15) is 5.75 Å². The van der Waals surface area contributed by atoms with Crippen LogP contribution in [-0.2, 0) is 0 Å². The maximum atomic E-state index is 10.8. The van der Waals surface area contributed by atoms with Crippen molar-refractivity contribution in [1.29, 1.82) is 0 Å². The fraction of sp³-hybridized carbons (Fsp3) is 0. The molecular weight excluding hydrogens is 244 g/mol. The Morgan fingerprint density at radius 3 is 2.63 bits per heavy atom. The van der Waals surface area contributed by atoms with Crippen LogP contribution in [0.3, 0.4) is 0 Å². The van der Waals surface area contributed by atoms with Gasteiger partial charge in [-0.1, -0.05) is 18.2 Å². The highest BCUT2D eigenvalue weighted by Gasteiger charge is 2.13. The SMILES string of the molecule is O=[N+]([O-])c1ccc(O)c(-c2cc3ccccc3[nH]2)c1. The first kappa shape index (κ1) is 11.3. The molecule has 0 radical (unpaired) electrons. The summed E-state index contributed by atoms with van der Waals surface area (Å²) in [4.78, 5) is 13.4. The normalized spacial score (nSPS) is 10.7. The van der Waals surface area contributed by atoms with Gasteiger partial charge in [-0.25, -0.2) is 0 Å². The monoisotopic (exact) mass is 254 g/mol. The lowest BCUT2D eigenvalue weighted by molar-refractivity contribution is -0.384. The number of phenols is 1. The van der Waals surface area contributed by atoms with E-state index in [1.807, 2.05) is 30.3 Å². The van der Waals surface area contributed by atoms with E-state index >= 15 is 0 Å². The molecule has 2 N–H and O–H groups in total. The molecular formula is C14H10N2O3. The summed E-state index contributed by atoms with van der Waals surface area (Å²) in [5.74, 6) is 0.0113. The van der Waals surface area contributed by atoms with Crippen LogP contribution in [0.2, 0.25) is 0 Å². The Morgan fingerprint density at radius 1 is 1.11 bits per heavy atom. The van der Waals surface area contributed by atoms with Crippen LogP contribution in [0.15, 0.2) is 48.5 Å². The number of nitro benzene ring substituents is 1. The Hall–Kier alpha value is -2.82. The minimum atomic E-state index is -0.481. The second-order valence-corrected chi connectivity index (χ2v) is 4.23. The number of phenolic OH excluding ortho intramolecular Hbond substituents is 1. The minimum Gasteiger partial charge on any atom is -0.507 e. The number of non-ortho nitro benzene ring substituents is 1. The van der Waals surface area contributed by atoms with Crippen LogP contribution in [0, 0.1) is 10.1 Å². The van der Waals surface area contributed by atoms with Crippen molar-refractivity contribution >= 4 is 16.6 Å². The van der Waals surface area contributed by atoms with E-state index in [1.54, 1.807) is 0 Å². The first-order valence-electron chi connectivity index (χ1n) is 5.71. The second-order valence-electron chi connectivity index (χ2n) is 4.23. The number of hydrogen-bond acceptors (Lipinski definition) is 3. The highest BCUT2D eigenvalue weighted by Crippen LogP contribution is 2.33. The molecule has 94 valence electrons. The molecule has 5 nitrogen and oxygen atoms in total. The lowest BCUT2D eigenvalue weighted by atomic mass is 10.1. The number of benzene rings is 2. The molecule has 0 fully saturated rings. The Balaban J connectivity index is 2.20. The summed E-state index contributed by atoms with van der Waals surface area (Å²) in [7, 11) is 0. The van der Waals surface area contributed by atoms with E-state index in [2.05, 4.69) is 4.98 Å². The second kappa shape index (κ2) is 4.13. The molecule has 5 heteroatoms. The van der Waals surface area contributed by atoms with Crippen LogP contribution in [0.25, 0.3) is 22.2 Å². The molecule has 0 atom stereocenters. The zero-order valence-electron chi connectivity index (χ0n) is 9.83. The zero-order chi connectivity index (χ0) is 13.4. The van der Waals surface area contributed by atoms with Crippen molar-refractivity contribution in [3.63, 3.8) is 0 Å². The highest BCUT2D eigenvalue weighted by atomic mass is 16.6. The number of aromatic nitrogens is 1. The van der Waals surface area contributed by atoms with Gasteiger partial charge in [0, 0.05) is 28.6 Å². The number of aromatic hydroxyl groups is 1. The van der Waals surface area contributed by atoms with Crippen molar-refractivity contribution in [2.45, 2.75) is 0 Å². The van der Waals surface area contributed by atoms with Crippen LogP contribution in [0.5, 0.6) is 5.75 Å². The molecule has 0 saturated carbocycles. The zero-order valence-corrected chi connectivity index (χ0v) is 9.83. The van der Waals surface area contributed by atoms with Gasteiger partial charge in [0.25, 0.3) is 5.69 Å². The molecule has 3 rings (SSSR count). The fourth-order valence-corrected chi connectivity index (χ4v) is 2.07. The van der Waals surface area contributed by atoms with E-state index in [9.17, 15) is 15.2 Å². The van der Waals surface area contributed by atoms with Gasteiger partial charge in [0.15, 0.2) is 0 Å². The largest absolute Gasteiger partial charge is 0.507 e. The van der Waals surface area contributed by atoms with Crippen LogP contribution in [-0.4, -0.2) is 15.0 Å². The molecule has 0 unspecified atom stereocenters. The van der Waals surface area contributed by atoms with Crippen LogP contribution < -0.4 is 0 Å². The summed E-state index contributed by atoms with van der Waals surface area (Å²) in [6, 6.07) is 13.5. The number of hydrogen-bond donors (Lipinski definition) is 2. The summed E-state index contributed by atoms with van der Waals surface area (Å²) in [6.07, 6.45) is 0. The third kappa shape index (κ3) is 1.91. The van der Waals surface area contributed by atoms with Gasteiger partial charge in [0.2, 0.25) is 0 Å². The van der Waals surface area contributed by atoms with Gasteiger partial charge in [-0.15, -0.1) is 0 Å². The van der Waals surface area contributed by atoms with Crippen molar-refractivity contribution in [2.24, 2.45) is 0 Å². The van der Waals surface area contributed by atoms with E-state index in [0.717, 1.165) is 10.9 Å². The Kier molecular flexibility index (Phi) is 2.45. The van der Waals surface area contributed by atoms with Crippen molar-refractivity contribution in [1.82, 2.24) is 4.98 Å². The van der Waals surface area contributed by atoms with Gasteiger partial charge in [-0.05, 0) is 18.2 Å². The van der Waals surface area contributed by atoms with Gasteiger partial charge < -0.3 is 10.1 Å². The Morgan fingerprint density at radius 2 is 1.89 bits per heavy atom. The van der Waals surface area contributed by atoms with E-state index in [0.29, 0.717) is 11.3 Å². The number of aromatic amines is 1. The lowest BCUT2D eigenvalue weighted by Crippen LogP contribution is -1.88. The topological polar surface area (TPSA) is 79.2 Å².